The highest BCUT2D eigenvalue weighted by molar-refractivity contribution is 7.80. The summed E-state index contributed by atoms with van der Waals surface area (Å²) in [6.45, 7) is 6.00. The molecule has 0 fully saturated rings. The Labute approximate surface area is 141 Å². The summed E-state index contributed by atoms with van der Waals surface area (Å²) in [7, 11) is 0. The molecule has 0 aromatic heterocycles. The maximum atomic E-state index is 6.15. The predicted octanol–water partition coefficient (Wildman–Crippen LogP) is 4.67. The van der Waals surface area contributed by atoms with Crippen LogP contribution in [0.2, 0.25) is 5.02 Å². The van der Waals surface area contributed by atoms with E-state index in [0.717, 1.165) is 17.0 Å². The molecule has 2 aromatic rings. The predicted molar refractivity (Wildman–Crippen MR) is 98.9 cm³/mol. The third kappa shape index (κ3) is 4.06. The molecule has 0 spiro atoms. The average Bonchev–Trinajstić information content (AvgIpc) is 2.50. The molecule has 5 heteroatoms. The molecule has 2 aromatic carbocycles. The van der Waals surface area contributed by atoms with Gasteiger partial charge in [0, 0.05) is 16.3 Å². The first kappa shape index (κ1) is 16.5. The normalized spacial score (nSPS) is 11.2. The van der Waals surface area contributed by atoms with Crippen molar-refractivity contribution in [2.24, 2.45) is 5.10 Å². The molecule has 0 aliphatic rings. The second-order valence-corrected chi connectivity index (χ2v) is 5.81. The Kier molecular flexibility index (Phi) is 5.52. The Bertz CT molecular complexity index is 726. The molecule has 0 heterocycles. The summed E-state index contributed by atoms with van der Waals surface area (Å²) in [5.74, 6) is 0. The van der Waals surface area contributed by atoms with Gasteiger partial charge in [0.25, 0.3) is 0 Å². The number of nitrogens with one attached hydrogen (secondary N) is 2. The quantitative estimate of drug-likeness (QED) is 0.487. The Morgan fingerprint density at radius 3 is 2.55 bits per heavy atom. The molecule has 0 bridgehead atoms. The number of benzene rings is 2. The van der Waals surface area contributed by atoms with E-state index in [1.807, 2.05) is 43.3 Å². The molecule has 0 unspecified atom stereocenters. The molecule has 2 N–H and O–H groups in total. The monoisotopic (exact) mass is 331 g/mol. The number of rotatable bonds is 3. The van der Waals surface area contributed by atoms with E-state index in [1.54, 1.807) is 0 Å². The van der Waals surface area contributed by atoms with Crippen molar-refractivity contribution < 1.29 is 0 Å². The molecule has 0 amide bonds. The number of hydrogen-bond donors (Lipinski definition) is 2. The first-order valence-electron chi connectivity index (χ1n) is 6.91. The number of hydrazone groups is 1. The van der Waals surface area contributed by atoms with Gasteiger partial charge in [-0.2, -0.15) is 5.10 Å². The summed E-state index contributed by atoms with van der Waals surface area (Å²) in [6, 6.07) is 13.6. The largest absolute Gasteiger partial charge is 0.331 e. The minimum atomic E-state index is 0.445. The van der Waals surface area contributed by atoms with Gasteiger partial charge >= 0.3 is 0 Å². The van der Waals surface area contributed by atoms with Gasteiger partial charge < -0.3 is 5.32 Å². The van der Waals surface area contributed by atoms with Gasteiger partial charge in [0.2, 0.25) is 0 Å². The maximum Gasteiger partial charge on any atom is 0.191 e. The van der Waals surface area contributed by atoms with Crippen LogP contribution in [0.3, 0.4) is 0 Å². The molecular formula is C17H18ClN3S. The van der Waals surface area contributed by atoms with E-state index in [2.05, 4.69) is 35.8 Å². The van der Waals surface area contributed by atoms with Crippen LogP contribution in [0.5, 0.6) is 0 Å². The molecule has 114 valence electrons. The van der Waals surface area contributed by atoms with E-state index in [4.69, 9.17) is 23.8 Å². The van der Waals surface area contributed by atoms with E-state index in [1.165, 1.54) is 11.1 Å². The fraction of sp³-hybridized carbons (Fsp3) is 0.176. The van der Waals surface area contributed by atoms with Crippen molar-refractivity contribution in [1.29, 1.82) is 0 Å². The first-order chi connectivity index (χ1) is 10.5. The molecule has 0 saturated heterocycles. The molecule has 0 atom stereocenters. The number of aryl methyl sites for hydroxylation is 1. The van der Waals surface area contributed by atoms with Gasteiger partial charge in [0.05, 0.1) is 5.71 Å². The van der Waals surface area contributed by atoms with E-state index in [0.29, 0.717) is 10.1 Å². The zero-order chi connectivity index (χ0) is 16.1. The van der Waals surface area contributed by atoms with Crippen molar-refractivity contribution in [3.8, 4) is 0 Å². The number of hydrogen-bond acceptors (Lipinski definition) is 2. The molecule has 0 aliphatic heterocycles. The molecule has 0 radical (unpaired) electrons. The minimum Gasteiger partial charge on any atom is -0.331 e. The number of thiocarbonyl (C=S) groups is 1. The fourth-order valence-electron chi connectivity index (χ4n) is 1.99. The van der Waals surface area contributed by atoms with E-state index in [-0.39, 0.29) is 0 Å². The van der Waals surface area contributed by atoms with Gasteiger partial charge in [-0.15, -0.1) is 0 Å². The van der Waals surface area contributed by atoms with Crippen LogP contribution in [-0.4, -0.2) is 10.8 Å². The molecule has 3 nitrogen and oxygen atoms in total. The van der Waals surface area contributed by atoms with E-state index in [9.17, 15) is 0 Å². The van der Waals surface area contributed by atoms with Crippen LogP contribution in [0.25, 0.3) is 0 Å². The van der Waals surface area contributed by atoms with Crippen LogP contribution in [0.4, 0.5) is 5.69 Å². The lowest BCUT2D eigenvalue weighted by Crippen LogP contribution is -2.25. The summed E-state index contributed by atoms with van der Waals surface area (Å²) >= 11 is 11.4. The fourth-order valence-corrected chi connectivity index (χ4v) is 2.41. The van der Waals surface area contributed by atoms with Crippen molar-refractivity contribution >= 4 is 40.3 Å². The Balaban J connectivity index is 2.05. The highest BCUT2D eigenvalue weighted by Crippen LogP contribution is 2.18. The average molecular weight is 332 g/mol. The lowest BCUT2D eigenvalue weighted by atomic mass is 10.1. The molecular weight excluding hydrogens is 314 g/mol. The molecule has 2 rings (SSSR count). The topological polar surface area (TPSA) is 36.4 Å². The Morgan fingerprint density at radius 2 is 1.82 bits per heavy atom. The van der Waals surface area contributed by atoms with Gasteiger partial charge in [0.15, 0.2) is 5.11 Å². The van der Waals surface area contributed by atoms with Crippen LogP contribution >= 0.6 is 23.8 Å². The van der Waals surface area contributed by atoms with Crippen molar-refractivity contribution in [2.75, 3.05) is 5.32 Å². The van der Waals surface area contributed by atoms with Crippen LogP contribution in [0.1, 0.15) is 23.6 Å². The van der Waals surface area contributed by atoms with Gasteiger partial charge in [-0.25, -0.2) is 0 Å². The third-order valence-electron chi connectivity index (χ3n) is 3.44. The van der Waals surface area contributed by atoms with E-state index >= 15 is 0 Å². The van der Waals surface area contributed by atoms with Gasteiger partial charge in [-0.1, -0.05) is 41.9 Å². The Morgan fingerprint density at radius 1 is 1.09 bits per heavy atom. The summed E-state index contributed by atoms with van der Waals surface area (Å²) < 4.78 is 0. The van der Waals surface area contributed by atoms with Crippen LogP contribution in [0, 0.1) is 13.8 Å². The summed E-state index contributed by atoms with van der Waals surface area (Å²) in [6.07, 6.45) is 0. The van der Waals surface area contributed by atoms with Gasteiger partial charge in [0.1, 0.15) is 0 Å². The zero-order valence-electron chi connectivity index (χ0n) is 12.8. The maximum absolute atomic E-state index is 6.15. The number of anilines is 1. The lowest BCUT2D eigenvalue weighted by Gasteiger charge is -2.12. The highest BCUT2D eigenvalue weighted by Gasteiger charge is 2.04. The number of nitrogens with zero attached hydrogens (tertiary/aromatic N) is 1. The Hall–Kier alpha value is -1.91. The van der Waals surface area contributed by atoms with Gasteiger partial charge in [-0.05, 0) is 56.2 Å². The standard InChI is InChI=1S/C17H18ClN3S/c1-11-7-6-10-16(12(11)2)19-17(22)21-20-13(3)14-8-4-5-9-15(14)18/h4-10H,1-3H3,(H2,19,21,22)/b20-13+. The van der Waals surface area contributed by atoms with Crippen LogP contribution < -0.4 is 10.7 Å². The highest BCUT2D eigenvalue weighted by atomic mass is 35.5. The SMILES string of the molecule is C/C(=N\NC(=S)Nc1cccc(C)c1C)c1ccccc1Cl. The second kappa shape index (κ2) is 7.38. The summed E-state index contributed by atoms with van der Waals surface area (Å²) in [5, 5.41) is 8.54. The lowest BCUT2D eigenvalue weighted by molar-refractivity contribution is 1.04. The molecule has 0 aliphatic carbocycles. The van der Waals surface area contributed by atoms with E-state index < -0.39 is 0 Å². The summed E-state index contributed by atoms with van der Waals surface area (Å²) in [5.41, 5.74) is 7.86. The zero-order valence-corrected chi connectivity index (χ0v) is 14.3. The van der Waals surface area contributed by atoms with Crippen LogP contribution in [0.15, 0.2) is 47.6 Å². The van der Waals surface area contributed by atoms with Crippen molar-refractivity contribution in [3.05, 3.63) is 64.2 Å². The number of halogens is 1. The van der Waals surface area contributed by atoms with Crippen molar-refractivity contribution in [2.45, 2.75) is 20.8 Å². The molecule has 0 saturated carbocycles. The minimum absolute atomic E-state index is 0.445. The first-order valence-corrected chi connectivity index (χ1v) is 7.70. The molecule has 22 heavy (non-hydrogen) atoms. The third-order valence-corrected chi connectivity index (χ3v) is 3.96. The van der Waals surface area contributed by atoms with Crippen molar-refractivity contribution in [1.82, 2.24) is 5.43 Å². The smallest absolute Gasteiger partial charge is 0.191 e. The van der Waals surface area contributed by atoms with Crippen LogP contribution in [-0.2, 0) is 0 Å². The summed E-state index contributed by atoms with van der Waals surface area (Å²) in [4.78, 5) is 0. The van der Waals surface area contributed by atoms with Gasteiger partial charge in [-0.3, -0.25) is 5.43 Å². The second-order valence-electron chi connectivity index (χ2n) is 4.99. The van der Waals surface area contributed by atoms with Crippen molar-refractivity contribution in [3.63, 3.8) is 0 Å².